The topological polar surface area (TPSA) is 77.7 Å². The highest BCUT2D eigenvalue weighted by Gasteiger charge is 2.64. The molecule has 0 aromatic rings. The van der Waals surface area contributed by atoms with Crippen molar-refractivity contribution in [2.75, 3.05) is 26.4 Å². The highest BCUT2D eigenvalue weighted by molar-refractivity contribution is 5.83. The van der Waals surface area contributed by atoms with Gasteiger partial charge in [0.05, 0.1) is 24.0 Å². The van der Waals surface area contributed by atoms with Crippen LogP contribution in [0.3, 0.4) is 0 Å². The number of hydrogen-bond acceptors (Lipinski definition) is 6. The molecule has 6 nitrogen and oxygen atoms in total. The largest absolute Gasteiger partial charge is 0.462 e. The van der Waals surface area contributed by atoms with Crippen LogP contribution in [0.5, 0.6) is 0 Å². The number of esters is 2. The number of hydrogen-bond donors (Lipinski definition) is 0. The van der Waals surface area contributed by atoms with Gasteiger partial charge in [-0.25, -0.2) is 0 Å². The molecule has 132 valence electrons. The molecule has 24 heavy (non-hydrogen) atoms. The molecule has 6 aliphatic rings. The van der Waals surface area contributed by atoms with Crippen LogP contribution >= 0.6 is 0 Å². The van der Waals surface area contributed by atoms with Crippen molar-refractivity contribution >= 4 is 11.9 Å². The molecule has 2 aliphatic heterocycles. The molecule has 2 atom stereocenters. The first-order chi connectivity index (χ1) is 11.6. The van der Waals surface area contributed by atoms with E-state index in [1.54, 1.807) is 0 Å². The van der Waals surface area contributed by atoms with Crippen LogP contribution in [0.1, 0.15) is 38.5 Å². The first-order valence-corrected chi connectivity index (χ1v) is 9.15. The van der Waals surface area contributed by atoms with Gasteiger partial charge in [0, 0.05) is 0 Å². The van der Waals surface area contributed by atoms with E-state index in [-0.39, 0.29) is 24.1 Å². The van der Waals surface area contributed by atoms with Gasteiger partial charge < -0.3 is 18.9 Å². The van der Waals surface area contributed by atoms with Gasteiger partial charge in [0.2, 0.25) is 0 Å². The fraction of sp³-hybridized carbons (Fsp3) is 0.889. The smallest absolute Gasteiger partial charge is 0.312 e. The number of epoxide rings is 2. The Balaban J connectivity index is 1.33. The van der Waals surface area contributed by atoms with E-state index < -0.39 is 10.8 Å². The van der Waals surface area contributed by atoms with Gasteiger partial charge in [0.25, 0.3) is 0 Å². The first-order valence-electron chi connectivity index (χ1n) is 9.15. The molecule has 0 N–H and O–H groups in total. The van der Waals surface area contributed by atoms with E-state index in [1.165, 1.54) is 0 Å². The summed E-state index contributed by atoms with van der Waals surface area (Å²) in [5.74, 6) is 0.658. The minimum atomic E-state index is -0.478. The first kappa shape index (κ1) is 15.1. The van der Waals surface area contributed by atoms with Gasteiger partial charge in [-0.3, -0.25) is 9.59 Å². The van der Waals surface area contributed by atoms with Gasteiger partial charge in [-0.1, -0.05) is 0 Å². The molecule has 0 spiro atoms. The van der Waals surface area contributed by atoms with E-state index in [0.29, 0.717) is 44.7 Å². The summed E-state index contributed by atoms with van der Waals surface area (Å²) >= 11 is 0. The minimum absolute atomic E-state index is 0.0836. The second-order valence-electron chi connectivity index (χ2n) is 8.63. The van der Waals surface area contributed by atoms with Crippen molar-refractivity contribution in [2.24, 2.45) is 22.7 Å². The van der Waals surface area contributed by atoms with E-state index in [1.807, 2.05) is 0 Å². The third-order valence-electron chi connectivity index (χ3n) is 6.53. The highest BCUT2D eigenvalue weighted by Crippen LogP contribution is 2.66. The zero-order chi connectivity index (χ0) is 16.4. The maximum absolute atomic E-state index is 12.8. The van der Waals surface area contributed by atoms with Gasteiger partial charge >= 0.3 is 11.9 Å². The van der Waals surface area contributed by atoms with Crippen LogP contribution in [-0.4, -0.2) is 50.6 Å². The van der Waals surface area contributed by atoms with Gasteiger partial charge in [0.15, 0.2) is 0 Å². The summed E-state index contributed by atoms with van der Waals surface area (Å²) in [6, 6.07) is 0. The standard InChI is InChI=1S/C18H24O6/c19-15(23-8-13-6-21-13)17-2-11-1-12(4-17)5-18(3-11,10-17)16(20)24-9-14-7-22-14/h11-14H,1-10H2. The predicted octanol–water partition coefficient (Wildman–Crippen LogP) is 1.46. The van der Waals surface area contributed by atoms with Crippen molar-refractivity contribution in [1.29, 1.82) is 0 Å². The van der Waals surface area contributed by atoms with Crippen LogP contribution in [0.2, 0.25) is 0 Å². The molecule has 0 radical (unpaired) electrons. The van der Waals surface area contributed by atoms with E-state index in [2.05, 4.69) is 0 Å². The molecule has 6 fully saturated rings. The third-order valence-corrected chi connectivity index (χ3v) is 6.53. The Kier molecular flexibility index (Phi) is 3.27. The van der Waals surface area contributed by atoms with Crippen molar-refractivity contribution in [3.63, 3.8) is 0 Å². The second-order valence-corrected chi connectivity index (χ2v) is 8.63. The van der Waals surface area contributed by atoms with Crippen molar-refractivity contribution < 1.29 is 28.5 Å². The lowest BCUT2D eigenvalue weighted by atomic mass is 9.44. The van der Waals surface area contributed by atoms with Crippen LogP contribution in [0.4, 0.5) is 0 Å². The van der Waals surface area contributed by atoms with Crippen molar-refractivity contribution in [1.82, 2.24) is 0 Å². The van der Waals surface area contributed by atoms with Crippen LogP contribution in [0.25, 0.3) is 0 Å². The third kappa shape index (κ3) is 2.54. The lowest BCUT2D eigenvalue weighted by Gasteiger charge is -2.59. The van der Waals surface area contributed by atoms with E-state index in [9.17, 15) is 9.59 Å². The monoisotopic (exact) mass is 336 g/mol. The number of carbonyl (C=O) groups is 2. The molecule has 4 aliphatic carbocycles. The second kappa shape index (κ2) is 5.18. The Bertz CT molecular complexity index is 504. The van der Waals surface area contributed by atoms with Gasteiger partial charge in [-0.15, -0.1) is 0 Å². The lowest BCUT2D eigenvalue weighted by Crippen LogP contribution is -2.58. The Labute approximate surface area is 141 Å². The molecule has 6 heteroatoms. The molecule has 0 aromatic heterocycles. The Hall–Kier alpha value is -1.14. The van der Waals surface area contributed by atoms with Crippen molar-refractivity contribution in [3.8, 4) is 0 Å². The summed E-state index contributed by atoms with van der Waals surface area (Å²) < 4.78 is 21.4. The minimum Gasteiger partial charge on any atom is -0.462 e. The van der Waals surface area contributed by atoms with Crippen LogP contribution in [-0.2, 0) is 28.5 Å². The Morgan fingerprint density at radius 3 is 1.62 bits per heavy atom. The zero-order valence-electron chi connectivity index (χ0n) is 13.8. The molecule has 2 saturated heterocycles. The molecule has 2 heterocycles. The normalized spacial score (nSPS) is 47.3. The summed E-state index contributed by atoms with van der Waals surface area (Å²) in [7, 11) is 0. The van der Waals surface area contributed by atoms with Gasteiger partial charge in [-0.2, -0.15) is 0 Å². The van der Waals surface area contributed by atoms with Gasteiger partial charge in [-0.05, 0) is 50.4 Å². The van der Waals surface area contributed by atoms with E-state index >= 15 is 0 Å². The van der Waals surface area contributed by atoms with Gasteiger partial charge in [0.1, 0.15) is 25.4 Å². The van der Waals surface area contributed by atoms with Crippen molar-refractivity contribution in [2.45, 2.75) is 50.7 Å². The molecule has 6 rings (SSSR count). The quantitative estimate of drug-likeness (QED) is 0.540. The molecular formula is C18H24O6. The van der Waals surface area contributed by atoms with Crippen molar-refractivity contribution in [3.05, 3.63) is 0 Å². The summed E-state index contributed by atoms with van der Waals surface area (Å²) in [5, 5.41) is 0. The lowest BCUT2D eigenvalue weighted by molar-refractivity contribution is -0.194. The number of ether oxygens (including phenoxy) is 4. The average molecular weight is 336 g/mol. The summed E-state index contributed by atoms with van der Waals surface area (Å²) in [6.45, 7) is 2.08. The molecular weight excluding hydrogens is 312 g/mol. The van der Waals surface area contributed by atoms with E-state index in [4.69, 9.17) is 18.9 Å². The summed E-state index contributed by atoms with van der Waals surface area (Å²) in [4.78, 5) is 25.6. The highest BCUT2D eigenvalue weighted by atomic mass is 16.6. The Morgan fingerprint density at radius 2 is 1.25 bits per heavy atom. The fourth-order valence-corrected chi connectivity index (χ4v) is 5.71. The molecule has 0 amide bonds. The molecule has 0 aromatic carbocycles. The molecule has 2 unspecified atom stereocenters. The summed E-state index contributed by atoms with van der Waals surface area (Å²) in [5.41, 5.74) is -0.956. The predicted molar refractivity (Wildman–Crippen MR) is 80.9 cm³/mol. The van der Waals surface area contributed by atoms with Crippen LogP contribution < -0.4 is 0 Å². The molecule has 4 bridgehead atoms. The maximum Gasteiger partial charge on any atom is 0.312 e. The average Bonchev–Trinajstić information content (AvgIpc) is 3.44. The SMILES string of the molecule is O=C(OCC1CO1)C12CC3CC(C1)CC(C(=O)OCC1CO1)(C3)C2. The fourth-order valence-electron chi connectivity index (χ4n) is 5.71. The maximum atomic E-state index is 12.8. The molecule has 4 saturated carbocycles. The number of rotatable bonds is 6. The zero-order valence-corrected chi connectivity index (χ0v) is 13.8. The number of carbonyl (C=O) groups excluding carboxylic acids is 2. The van der Waals surface area contributed by atoms with E-state index in [0.717, 1.165) is 32.1 Å². The summed E-state index contributed by atoms with van der Waals surface area (Å²) in [6.07, 6.45) is 5.39. The van der Waals surface area contributed by atoms with Crippen LogP contribution in [0, 0.1) is 22.7 Å². The van der Waals surface area contributed by atoms with Crippen LogP contribution in [0.15, 0.2) is 0 Å². The Morgan fingerprint density at radius 1 is 0.833 bits per heavy atom.